The summed E-state index contributed by atoms with van der Waals surface area (Å²) >= 11 is 0. The Bertz CT molecular complexity index is 381. The predicted octanol–water partition coefficient (Wildman–Crippen LogP) is 2.24. The average Bonchev–Trinajstić information content (AvgIpc) is 2.40. The molecule has 4 nitrogen and oxygen atoms in total. The molecule has 0 spiro atoms. The molecule has 6 heteroatoms. The zero-order chi connectivity index (χ0) is 12.8. The Balaban J connectivity index is 0.00000180. The van der Waals surface area contributed by atoms with E-state index in [0.29, 0.717) is 18.5 Å². The molecule has 1 fully saturated rings. The van der Waals surface area contributed by atoms with E-state index >= 15 is 0 Å². The molecular formula is C14H23Cl2N3O. The summed E-state index contributed by atoms with van der Waals surface area (Å²) in [7, 11) is 0. The fraction of sp³-hybridized carbons (Fsp3) is 0.571. The van der Waals surface area contributed by atoms with E-state index in [9.17, 15) is 4.79 Å². The quantitative estimate of drug-likeness (QED) is 0.894. The van der Waals surface area contributed by atoms with Gasteiger partial charge in [0.15, 0.2) is 0 Å². The SMILES string of the molecule is Cl.Cl.NC1CCC(NC(=O)CCc2ccncc2)CC1. The Morgan fingerprint density at radius 2 is 1.80 bits per heavy atom. The van der Waals surface area contributed by atoms with Crippen molar-refractivity contribution in [2.45, 2.75) is 50.6 Å². The molecule has 114 valence electrons. The van der Waals surface area contributed by atoms with Crippen LogP contribution in [0.15, 0.2) is 24.5 Å². The van der Waals surface area contributed by atoms with Gasteiger partial charge in [-0.3, -0.25) is 9.78 Å². The van der Waals surface area contributed by atoms with Gasteiger partial charge in [0.05, 0.1) is 0 Å². The molecule has 0 aromatic carbocycles. The maximum atomic E-state index is 11.8. The predicted molar refractivity (Wildman–Crippen MR) is 85.4 cm³/mol. The Morgan fingerprint density at radius 1 is 1.20 bits per heavy atom. The lowest BCUT2D eigenvalue weighted by atomic mass is 9.92. The molecule has 0 radical (unpaired) electrons. The van der Waals surface area contributed by atoms with Crippen LogP contribution in [0.3, 0.4) is 0 Å². The van der Waals surface area contributed by atoms with Crippen LogP contribution in [0, 0.1) is 0 Å². The number of carbonyl (C=O) groups is 1. The van der Waals surface area contributed by atoms with Crippen molar-refractivity contribution in [2.24, 2.45) is 5.73 Å². The third kappa shape index (κ3) is 6.55. The number of nitrogens with two attached hydrogens (primary N) is 1. The lowest BCUT2D eigenvalue weighted by Gasteiger charge is -2.26. The molecule has 20 heavy (non-hydrogen) atoms. The fourth-order valence-corrected chi connectivity index (χ4v) is 2.37. The number of carbonyl (C=O) groups excluding carboxylic acids is 1. The smallest absolute Gasteiger partial charge is 0.220 e. The van der Waals surface area contributed by atoms with Crippen molar-refractivity contribution >= 4 is 30.7 Å². The summed E-state index contributed by atoms with van der Waals surface area (Å²) in [6, 6.07) is 4.56. The summed E-state index contributed by atoms with van der Waals surface area (Å²) in [5, 5.41) is 3.10. The van der Waals surface area contributed by atoms with Gasteiger partial charge < -0.3 is 11.1 Å². The van der Waals surface area contributed by atoms with Crippen molar-refractivity contribution in [3.8, 4) is 0 Å². The highest BCUT2D eigenvalue weighted by atomic mass is 35.5. The molecule has 0 unspecified atom stereocenters. The van der Waals surface area contributed by atoms with Gasteiger partial charge in [-0.15, -0.1) is 24.8 Å². The molecule has 1 aromatic heterocycles. The van der Waals surface area contributed by atoms with E-state index in [1.165, 1.54) is 0 Å². The zero-order valence-corrected chi connectivity index (χ0v) is 13.1. The summed E-state index contributed by atoms with van der Waals surface area (Å²) in [6.45, 7) is 0. The Labute approximate surface area is 132 Å². The van der Waals surface area contributed by atoms with Gasteiger partial charge in [0.25, 0.3) is 0 Å². The van der Waals surface area contributed by atoms with Crippen LogP contribution in [0.1, 0.15) is 37.7 Å². The minimum absolute atomic E-state index is 0. The average molecular weight is 320 g/mol. The monoisotopic (exact) mass is 319 g/mol. The van der Waals surface area contributed by atoms with Gasteiger partial charge in [-0.25, -0.2) is 0 Å². The van der Waals surface area contributed by atoms with Gasteiger partial charge in [0.1, 0.15) is 0 Å². The van der Waals surface area contributed by atoms with E-state index in [4.69, 9.17) is 5.73 Å². The van der Waals surface area contributed by atoms with E-state index in [0.717, 1.165) is 37.7 Å². The number of aromatic nitrogens is 1. The van der Waals surface area contributed by atoms with Crippen molar-refractivity contribution in [3.05, 3.63) is 30.1 Å². The number of nitrogens with one attached hydrogen (secondary N) is 1. The lowest BCUT2D eigenvalue weighted by molar-refractivity contribution is -0.122. The molecule has 1 amide bonds. The van der Waals surface area contributed by atoms with Crippen molar-refractivity contribution < 1.29 is 4.79 Å². The summed E-state index contributed by atoms with van der Waals surface area (Å²) in [6.07, 6.45) is 8.92. The summed E-state index contributed by atoms with van der Waals surface area (Å²) in [5.41, 5.74) is 7.00. The highest BCUT2D eigenvalue weighted by Crippen LogP contribution is 2.17. The lowest BCUT2D eigenvalue weighted by Crippen LogP contribution is -2.40. The van der Waals surface area contributed by atoms with Crippen LogP contribution in [-0.2, 0) is 11.2 Å². The number of rotatable bonds is 4. The second-order valence-electron chi connectivity index (χ2n) is 5.03. The van der Waals surface area contributed by atoms with Gasteiger partial charge in [0, 0.05) is 30.9 Å². The molecule has 1 aromatic rings. The van der Waals surface area contributed by atoms with Crippen LogP contribution in [0.5, 0.6) is 0 Å². The van der Waals surface area contributed by atoms with Gasteiger partial charge >= 0.3 is 0 Å². The fourth-order valence-electron chi connectivity index (χ4n) is 2.37. The van der Waals surface area contributed by atoms with Crippen LogP contribution >= 0.6 is 24.8 Å². The number of pyridine rings is 1. The first kappa shape index (κ1) is 19.2. The van der Waals surface area contributed by atoms with Gasteiger partial charge in [-0.2, -0.15) is 0 Å². The first-order chi connectivity index (χ1) is 8.74. The second-order valence-corrected chi connectivity index (χ2v) is 5.03. The van der Waals surface area contributed by atoms with Crippen molar-refractivity contribution in [1.29, 1.82) is 0 Å². The van der Waals surface area contributed by atoms with Crippen LogP contribution in [-0.4, -0.2) is 23.0 Å². The minimum Gasteiger partial charge on any atom is -0.353 e. The highest BCUT2D eigenvalue weighted by molar-refractivity contribution is 5.85. The first-order valence-electron chi connectivity index (χ1n) is 6.68. The molecule has 1 aliphatic rings. The van der Waals surface area contributed by atoms with Gasteiger partial charge in [-0.05, 0) is 49.8 Å². The molecule has 2 rings (SSSR count). The second kappa shape index (κ2) is 9.97. The maximum Gasteiger partial charge on any atom is 0.220 e. The van der Waals surface area contributed by atoms with Gasteiger partial charge in [0.2, 0.25) is 5.91 Å². The van der Waals surface area contributed by atoms with Crippen molar-refractivity contribution in [1.82, 2.24) is 10.3 Å². The molecule has 3 N–H and O–H groups in total. The van der Waals surface area contributed by atoms with Crippen molar-refractivity contribution in [2.75, 3.05) is 0 Å². The summed E-state index contributed by atoms with van der Waals surface area (Å²) in [4.78, 5) is 15.8. The standard InChI is InChI=1S/C14H21N3O.2ClH/c15-12-2-4-13(5-3-12)17-14(18)6-1-11-7-9-16-10-8-11;;/h7-10,12-13H,1-6,15H2,(H,17,18);2*1H. The van der Waals surface area contributed by atoms with Crippen LogP contribution in [0.4, 0.5) is 0 Å². The van der Waals surface area contributed by atoms with Crippen molar-refractivity contribution in [3.63, 3.8) is 0 Å². The van der Waals surface area contributed by atoms with E-state index in [1.54, 1.807) is 12.4 Å². The third-order valence-electron chi connectivity index (χ3n) is 3.53. The van der Waals surface area contributed by atoms with E-state index < -0.39 is 0 Å². The molecule has 0 atom stereocenters. The molecule has 1 saturated carbocycles. The van der Waals surface area contributed by atoms with Crippen LogP contribution in [0.2, 0.25) is 0 Å². The third-order valence-corrected chi connectivity index (χ3v) is 3.53. The normalized spacial score (nSPS) is 21.2. The Hall–Kier alpha value is -0.840. The summed E-state index contributed by atoms with van der Waals surface area (Å²) in [5.74, 6) is 0.146. The largest absolute Gasteiger partial charge is 0.353 e. The van der Waals surface area contributed by atoms with Crippen LogP contribution < -0.4 is 11.1 Å². The van der Waals surface area contributed by atoms with E-state index in [-0.39, 0.29) is 30.7 Å². The minimum atomic E-state index is 0. The number of aryl methyl sites for hydroxylation is 1. The zero-order valence-electron chi connectivity index (χ0n) is 11.5. The Kier molecular flexibility index (Phi) is 9.55. The molecule has 0 saturated heterocycles. The molecule has 1 aliphatic carbocycles. The van der Waals surface area contributed by atoms with Gasteiger partial charge in [-0.1, -0.05) is 0 Å². The maximum absolute atomic E-state index is 11.8. The molecular weight excluding hydrogens is 297 g/mol. The topological polar surface area (TPSA) is 68.0 Å². The Morgan fingerprint density at radius 3 is 2.40 bits per heavy atom. The molecule has 1 heterocycles. The number of hydrogen-bond donors (Lipinski definition) is 2. The van der Waals surface area contributed by atoms with E-state index in [2.05, 4.69) is 10.3 Å². The number of hydrogen-bond acceptors (Lipinski definition) is 3. The molecule has 0 aliphatic heterocycles. The number of nitrogens with zero attached hydrogens (tertiary/aromatic N) is 1. The highest BCUT2D eigenvalue weighted by Gasteiger charge is 2.19. The van der Waals surface area contributed by atoms with Crippen LogP contribution in [0.25, 0.3) is 0 Å². The first-order valence-corrected chi connectivity index (χ1v) is 6.68. The molecule has 0 bridgehead atoms. The number of amides is 1. The number of halogens is 2. The van der Waals surface area contributed by atoms with E-state index in [1.807, 2.05) is 12.1 Å². The summed E-state index contributed by atoms with van der Waals surface area (Å²) < 4.78 is 0.